The Morgan fingerprint density at radius 2 is 1.94 bits per heavy atom. The summed E-state index contributed by atoms with van der Waals surface area (Å²) in [5.74, 6) is -0.191. The number of benzene rings is 1. The lowest BCUT2D eigenvalue weighted by atomic mass is 10.1. The highest BCUT2D eigenvalue weighted by molar-refractivity contribution is 7.99. The van der Waals surface area contributed by atoms with Crippen molar-refractivity contribution in [2.24, 2.45) is 5.92 Å². The fourth-order valence-electron chi connectivity index (χ4n) is 4.70. The van der Waals surface area contributed by atoms with Gasteiger partial charge in [-0.1, -0.05) is 25.6 Å². The maximum absolute atomic E-state index is 13.2. The number of aromatic nitrogens is 4. The zero-order valence-corrected chi connectivity index (χ0v) is 21.3. The third-order valence-electron chi connectivity index (χ3n) is 6.46. The molecule has 0 bridgehead atoms. The molecule has 4 heterocycles. The van der Waals surface area contributed by atoms with E-state index in [1.807, 2.05) is 10.9 Å². The van der Waals surface area contributed by atoms with Crippen LogP contribution < -0.4 is 15.1 Å². The second-order valence-corrected chi connectivity index (χ2v) is 11.0. The Bertz CT molecular complexity index is 1260. The number of anilines is 2. The predicted octanol–water partition coefficient (Wildman–Crippen LogP) is 3.24. The molecule has 2 aromatic heterocycles. The van der Waals surface area contributed by atoms with Crippen LogP contribution in [0.4, 0.5) is 15.9 Å². The lowest BCUT2D eigenvalue weighted by Gasteiger charge is -2.18. The van der Waals surface area contributed by atoms with Crippen molar-refractivity contribution in [2.75, 3.05) is 36.0 Å². The molecule has 0 spiro atoms. The molecule has 2 amide bonds. The molecule has 1 N–H and O–H groups in total. The molecule has 11 heteroatoms. The number of hydrogen-bond acceptors (Lipinski definition) is 7. The third-order valence-corrected chi connectivity index (χ3v) is 7.32. The number of nitrogens with zero attached hydrogens (tertiary/aromatic N) is 6. The largest absolute Gasteiger partial charge is 0.356 e. The molecule has 1 atom stereocenters. The molecule has 36 heavy (non-hydrogen) atoms. The molecule has 2 aliphatic heterocycles. The molecule has 2 saturated heterocycles. The quantitative estimate of drug-likeness (QED) is 0.366. The van der Waals surface area contributed by atoms with Crippen molar-refractivity contribution < 1.29 is 14.0 Å². The Balaban J connectivity index is 1.25. The maximum atomic E-state index is 13.2. The van der Waals surface area contributed by atoms with E-state index in [1.165, 1.54) is 17.0 Å². The number of fused-ring (bicyclic) bond motifs is 1. The molecule has 0 aliphatic carbocycles. The molecule has 5 rings (SSSR count). The lowest BCUT2D eigenvalue weighted by Crippen LogP contribution is -2.35. The highest BCUT2D eigenvalue weighted by Crippen LogP contribution is 2.30. The monoisotopic (exact) mass is 511 g/mol. The first-order chi connectivity index (χ1) is 17.4. The average molecular weight is 512 g/mol. The van der Waals surface area contributed by atoms with E-state index in [4.69, 9.17) is 9.97 Å². The Hall–Kier alpha value is -3.21. The highest BCUT2D eigenvalue weighted by atomic mass is 32.2. The van der Waals surface area contributed by atoms with Gasteiger partial charge in [0.15, 0.2) is 10.8 Å². The number of carbonyl (C=O) groups is 2. The van der Waals surface area contributed by atoms with E-state index < -0.39 is 5.92 Å². The zero-order valence-electron chi connectivity index (χ0n) is 20.5. The summed E-state index contributed by atoms with van der Waals surface area (Å²) < 4.78 is 15.0. The minimum Gasteiger partial charge on any atom is -0.356 e. The lowest BCUT2D eigenvalue weighted by molar-refractivity contribution is -0.126. The van der Waals surface area contributed by atoms with Gasteiger partial charge >= 0.3 is 0 Å². The summed E-state index contributed by atoms with van der Waals surface area (Å²) in [7, 11) is 0. The van der Waals surface area contributed by atoms with Crippen molar-refractivity contribution >= 4 is 46.1 Å². The van der Waals surface area contributed by atoms with Gasteiger partial charge in [-0.25, -0.2) is 19.0 Å². The molecule has 0 radical (unpaired) electrons. The minimum absolute atomic E-state index is 0.135. The SMILES string of the molecule is CC(C)Sc1nc(N2CCCC2)c2cnn(CCNC(=O)C3CC(=O)N(c4ccc(F)cc4)C3)c2n1. The van der Waals surface area contributed by atoms with Gasteiger partial charge in [-0.2, -0.15) is 5.10 Å². The van der Waals surface area contributed by atoms with E-state index >= 15 is 0 Å². The molecular formula is C25H30FN7O2S. The van der Waals surface area contributed by atoms with E-state index in [9.17, 15) is 14.0 Å². The predicted molar refractivity (Wildman–Crippen MR) is 138 cm³/mol. The van der Waals surface area contributed by atoms with Gasteiger partial charge in [0.2, 0.25) is 11.8 Å². The van der Waals surface area contributed by atoms with Gasteiger partial charge in [-0.3, -0.25) is 9.59 Å². The molecule has 0 saturated carbocycles. The Morgan fingerprint density at radius 1 is 1.19 bits per heavy atom. The van der Waals surface area contributed by atoms with Gasteiger partial charge in [0, 0.05) is 43.5 Å². The van der Waals surface area contributed by atoms with E-state index in [2.05, 4.69) is 29.2 Å². The second-order valence-electron chi connectivity index (χ2n) is 9.47. The molecule has 9 nitrogen and oxygen atoms in total. The van der Waals surface area contributed by atoms with Crippen LogP contribution in [0.2, 0.25) is 0 Å². The summed E-state index contributed by atoms with van der Waals surface area (Å²) in [4.78, 5) is 38.7. The van der Waals surface area contributed by atoms with Crippen LogP contribution in [-0.4, -0.2) is 63.0 Å². The van der Waals surface area contributed by atoms with Gasteiger partial charge in [-0.05, 0) is 37.1 Å². The number of hydrogen-bond donors (Lipinski definition) is 1. The van der Waals surface area contributed by atoms with E-state index in [1.54, 1.807) is 23.9 Å². The number of rotatable bonds is 8. The molecule has 3 aromatic rings. The summed E-state index contributed by atoms with van der Waals surface area (Å²) in [6.07, 6.45) is 4.25. The third kappa shape index (κ3) is 5.16. The molecule has 2 aliphatic rings. The smallest absolute Gasteiger partial charge is 0.227 e. The minimum atomic E-state index is -0.449. The fourth-order valence-corrected chi connectivity index (χ4v) is 5.40. The standard InChI is InChI=1S/C25H30FN7O2S/c1-16(2)36-25-29-22(31-10-3-4-11-31)20-14-28-33(23(20)30-25)12-9-27-24(35)17-13-21(34)32(15-17)19-7-5-18(26)6-8-19/h5-8,14,16-17H,3-4,9-13,15H2,1-2H3,(H,27,35). The van der Waals surface area contributed by atoms with Crippen molar-refractivity contribution in [2.45, 2.75) is 50.1 Å². The van der Waals surface area contributed by atoms with Crippen LogP contribution in [0.5, 0.6) is 0 Å². The topological polar surface area (TPSA) is 96.2 Å². The zero-order chi connectivity index (χ0) is 25.2. The summed E-state index contributed by atoms with van der Waals surface area (Å²) in [5, 5.41) is 9.51. The van der Waals surface area contributed by atoms with Crippen molar-refractivity contribution in [1.29, 1.82) is 0 Å². The maximum Gasteiger partial charge on any atom is 0.227 e. The number of thioether (sulfide) groups is 1. The van der Waals surface area contributed by atoms with Gasteiger partial charge in [0.25, 0.3) is 0 Å². The first-order valence-electron chi connectivity index (χ1n) is 12.4. The van der Waals surface area contributed by atoms with Crippen LogP contribution in [0.1, 0.15) is 33.1 Å². The summed E-state index contributed by atoms with van der Waals surface area (Å²) in [5.41, 5.74) is 1.37. The van der Waals surface area contributed by atoms with Crippen molar-refractivity contribution in [3.05, 3.63) is 36.3 Å². The van der Waals surface area contributed by atoms with Crippen LogP contribution in [0.3, 0.4) is 0 Å². The first kappa shape index (κ1) is 24.5. The van der Waals surface area contributed by atoms with Gasteiger partial charge in [-0.15, -0.1) is 0 Å². The second kappa shape index (κ2) is 10.4. The van der Waals surface area contributed by atoms with E-state index in [-0.39, 0.29) is 30.6 Å². The van der Waals surface area contributed by atoms with Gasteiger partial charge < -0.3 is 15.1 Å². The molecular weight excluding hydrogens is 481 g/mol. The van der Waals surface area contributed by atoms with E-state index in [0.717, 1.165) is 47.9 Å². The van der Waals surface area contributed by atoms with Crippen LogP contribution >= 0.6 is 11.8 Å². The van der Waals surface area contributed by atoms with Gasteiger partial charge in [0.05, 0.1) is 24.0 Å². The Kier molecular flexibility index (Phi) is 7.08. The Labute approximate surface area is 213 Å². The molecule has 190 valence electrons. The average Bonchev–Trinajstić information content (AvgIpc) is 3.59. The van der Waals surface area contributed by atoms with E-state index in [0.29, 0.717) is 24.0 Å². The number of halogens is 1. The number of amides is 2. The molecule has 1 aromatic carbocycles. The fraction of sp³-hybridized carbons (Fsp3) is 0.480. The summed E-state index contributed by atoms with van der Waals surface area (Å²) in [6, 6.07) is 5.74. The van der Waals surface area contributed by atoms with Crippen LogP contribution in [0.15, 0.2) is 35.6 Å². The normalized spacial score (nSPS) is 18.1. The van der Waals surface area contributed by atoms with Crippen LogP contribution in [-0.2, 0) is 16.1 Å². The number of carbonyl (C=O) groups excluding carboxylic acids is 2. The number of nitrogens with one attached hydrogen (secondary N) is 1. The Morgan fingerprint density at radius 3 is 2.67 bits per heavy atom. The van der Waals surface area contributed by atoms with Crippen molar-refractivity contribution in [1.82, 2.24) is 25.1 Å². The van der Waals surface area contributed by atoms with Crippen molar-refractivity contribution in [3.63, 3.8) is 0 Å². The molecule has 1 unspecified atom stereocenters. The highest BCUT2D eigenvalue weighted by Gasteiger charge is 2.35. The van der Waals surface area contributed by atoms with Crippen LogP contribution in [0.25, 0.3) is 11.0 Å². The molecule has 2 fully saturated rings. The van der Waals surface area contributed by atoms with Crippen LogP contribution in [0, 0.1) is 11.7 Å². The van der Waals surface area contributed by atoms with Crippen molar-refractivity contribution in [3.8, 4) is 0 Å². The summed E-state index contributed by atoms with van der Waals surface area (Å²) in [6.45, 7) is 7.30. The first-order valence-corrected chi connectivity index (χ1v) is 13.3. The summed E-state index contributed by atoms with van der Waals surface area (Å²) >= 11 is 1.63. The van der Waals surface area contributed by atoms with Gasteiger partial charge in [0.1, 0.15) is 11.6 Å².